The summed E-state index contributed by atoms with van der Waals surface area (Å²) in [7, 11) is 3.09. The molecule has 2 aromatic rings. The van der Waals surface area contributed by atoms with Gasteiger partial charge in [0.15, 0.2) is 6.04 Å². The molecule has 5 heteroatoms. The highest BCUT2D eigenvalue weighted by atomic mass is 16.5. The first-order valence-electron chi connectivity index (χ1n) is 6.42. The summed E-state index contributed by atoms with van der Waals surface area (Å²) in [5.74, 6) is 0.208. The van der Waals surface area contributed by atoms with Gasteiger partial charge in [-0.2, -0.15) is 0 Å². The number of anilines is 1. The zero-order valence-corrected chi connectivity index (χ0v) is 11.9. The molecule has 21 heavy (non-hydrogen) atoms. The third kappa shape index (κ3) is 3.45. The number of hydrogen-bond donors (Lipinski definition) is 2. The molecule has 2 N–H and O–H groups in total. The molecule has 0 aliphatic carbocycles. The molecule has 5 nitrogen and oxygen atoms in total. The first-order valence-corrected chi connectivity index (χ1v) is 6.42. The molecule has 0 radical (unpaired) electrons. The van der Waals surface area contributed by atoms with Crippen LogP contribution in [0, 0.1) is 0 Å². The number of ether oxygens (including phenoxy) is 2. The first kappa shape index (κ1) is 14.7. The van der Waals surface area contributed by atoms with Crippen LogP contribution in [0.5, 0.6) is 11.5 Å². The van der Waals surface area contributed by atoms with Crippen molar-refractivity contribution in [3.05, 3.63) is 54.1 Å². The minimum atomic E-state index is -0.967. The van der Waals surface area contributed by atoms with E-state index in [2.05, 4.69) is 5.32 Å². The Morgan fingerprint density at radius 2 is 1.81 bits per heavy atom. The molecule has 0 saturated carbocycles. The van der Waals surface area contributed by atoms with Crippen molar-refractivity contribution < 1.29 is 19.4 Å². The van der Waals surface area contributed by atoms with Crippen molar-refractivity contribution in [2.75, 3.05) is 19.5 Å². The van der Waals surface area contributed by atoms with E-state index in [1.807, 2.05) is 6.07 Å². The maximum absolute atomic E-state index is 11.5. The molecule has 0 bridgehead atoms. The lowest BCUT2D eigenvalue weighted by Crippen LogP contribution is -2.20. The summed E-state index contributed by atoms with van der Waals surface area (Å²) in [6.45, 7) is 0. The van der Waals surface area contributed by atoms with Gasteiger partial charge in [0.2, 0.25) is 0 Å². The minimum Gasteiger partial charge on any atom is -0.497 e. The average molecular weight is 287 g/mol. The Hall–Kier alpha value is -2.69. The maximum atomic E-state index is 11.5. The Labute approximate surface area is 123 Å². The van der Waals surface area contributed by atoms with E-state index in [-0.39, 0.29) is 0 Å². The van der Waals surface area contributed by atoms with Crippen LogP contribution in [-0.4, -0.2) is 25.3 Å². The summed E-state index contributed by atoms with van der Waals surface area (Å²) in [6, 6.07) is 13.3. The molecule has 2 rings (SSSR count). The molecule has 0 aromatic heterocycles. The Balaban J connectivity index is 2.35. The fourth-order valence-electron chi connectivity index (χ4n) is 2.02. The topological polar surface area (TPSA) is 67.8 Å². The van der Waals surface area contributed by atoms with Gasteiger partial charge >= 0.3 is 5.97 Å². The highest BCUT2D eigenvalue weighted by molar-refractivity contribution is 5.80. The van der Waals surface area contributed by atoms with Gasteiger partial charge in [-0.05, 0) is 17.7 Å². The lowest BCUT2D eigenvalue weighted by Gasteiger charge is -2.18. The molecule has 0 saturated heterocycles. The summed E-state index contributed by atoms with van der Waals surface area (Å²) in [5.41, 5.74) is 1.22. The van der Waals surface area contributed by atoms with Gasteiger partial charge in [-0.3, -0.25) is 0 Å². The minimum absolute atomic E-state index is 0.554. The molecule has 0 amide bonds. The van der Waals surface area contributed by atoms with E-state index in [9.17, 15) is 9.90 Å². The van der Waals surface area contributed by atoms with Gasteiger partial charge in [0.05, 0.1) is 19.9 Å². The molecule has 0 aliphatic heterocycles. The van der Waals surface area contributed by atoms with Gasteiger partial charge in [-0.15, -0.1) is 0 Å². The van der Waals surface area contributed by atoms with Crippen molar-refractivity contribution in [2.24, 2.45) is 0 Å². The zero-order chi connectivity index (χ0) is 15.2. The van der Waals surface area contributed by atoms with Crippen molar-refractivity contribution in [1.82, 2.24) is 0 Å². The van der Waals surface area contributed by atoms with Crippen LogP contribution >= 0.6 is 0 Å². The summed E-state index contributed by atoms with van der Waals surface area (Å²) in [4.78, 5) is 11.5. The smallest absolute Gasteiger partial charge is 0.330 e. The van der Waals surface area contributed by atoms with Gasteiger partial charge in [0.1, 0.15) is 11.5 Å². The second-order valence-electron chi connectivity index (χ2n) is 4.39. The fraction of sp³-hybridized carbons (Fsp3) is 0.188. The number of benzene rings is 2. The Morgan fingerprint density at radius 1 is 1.10 bits per heavy atom. The molecule has 2 aromatic carbocycles. The van der Waals surface area contributed by atoms with E-state index in [4.69, 9.17) is 9.47 Å². The second kappa shape index (κ2) is 6.65. The SMILES string of the molecule is COc1ccc(OC)c(NC(C(=O)O)c2ccccc2)c1. The van der Waals surface area contributed by atoms with Crippen molar-refractivity contribution in [3.63, 3.8) is 0 Å². The van der Waals surface area contributed by atoms with E-state index >= 15 is 0 Å². The van der Waals surface area contributed by atoms with Crippen LogP contribution in [0.2, 0.25) is 0 Å². The van der Waals surface area contributed by atoms with Gasteiger partial charge in [0, 0.05) is 6.07 Å². The van der Waals surface area contributed by atoms with Crippen molar-refractivity contribution in [2.45, 2.75) is 6.04 Å². The van der Waals surface area contributed by atoms with Crippen LogP contribution < -0.4 is 14.8 Å². The van der Waals surface area contributed by atoms with Crippen LogP contribution in [0.1, 0.15) is 11.6 Å². The Kier molecular flexibility index (Phi) is 4.66. The van der Waals surface area contributed by atoms with Crippen LogP contribution in [0.15, 0.2) is 48.5 Å². The Morgan fingerprint density at radius 3 is 2.38 bits per heavy atom. The number of methoxy groups -OCH3 is 2. The number of hydrogen-bond acceptors (Lipinski definition) is 4. The molecule has 0 heterocycles. The van der Waals surface area contributed by atoms with Crippen molar-refractivity contribution >= 4 is 11.7 Å². The largest absolute Gasteiger partial charge is 0.497 e. The third-order valence-corrected chi connectivity index (χ3v) is 3.09. The predicted molar refractivity (Wildman–Crippen MR) is 80.0 cm³/mol. The van der Waals surface area contributed by atoms with Crippen LogP contribution in [-0.2, 0) is 4.79 Å². The summed E-state index contributed by atoms with van der Waals surface area (Å²) in [5, 5.41) is 12.4. The highest BCUT2D eigenvalue weighted by Gasteiger charge is 2.21. The lowest BCUT2D eigenvalue weighted by atomic mass is 10.1. The molecular formula is C16H17NO4. The Bertz CT molecular complexity index is 613. The standard InChI is InChI=1S/C16H17NO4/c1-20-12-8-9-14(21-2)13(10-12)17-15(16(18)19)11-6-4-3-5-7-11/h3-10,15,17H,1-2H3,(H,18,19). The molecule has 0 fully saturated rings. The fourth-order valence-corrected chi connectivity index (χ4v) is 2.02. The summed E-state index contributed by atoms with van der Waals surface area (Å²) >= 11 is 0. The zero-order valence-electron chi connectivity index (χ0n) is 11.9. The highest BCUT2D eigenvalue weighted by Crippen LogP contribution is 2.32. The first-order chi connectivity index (χ1) is 10.2. The number of aliphatic carboxylic acids is 1. The van der Waals surface area contributed by atoms with E-state index in [1.54, 1.807) is 49.6 Å². The van der Waals surface area contributed by atoms with E-state index in [0.29, 0.717) is 22.7 Å². The predicted octanol–water partition coefficient (Wildman–Crippen LogP) is 2.94. The number of carbonyl (C=O) groups is 1. The number of carboxylic acids is 1. The lowest BCUT2D eigenvalue weighted by molar-refractivity contribution is -0.138. The molecular weight excluding hydrogens is 270 g/mol. The number of nitrogens with one attached hydrogen (secondary N) is 1. The normalized spacial score (nSPS) is 11.5. The molecule has 0 spiro atoms. The summed E-state index contributed by atoms with van der Waals surface area (Å²) in [6.07, 6.45) is 0. The van der Waals surface area contributed by atoms with Gasteiger partial charge < -0.3 is 19.9 Å². The number of carboxylic acid groups (broad SMARTS) is 1. The third-order valence-electron chi connectivity index (χ3n) is 3.09. The molecule has 110 valence electrons. The molecule has 1 atom stereocenters. The molecule has 1 unspecified atom stereocenters. The van der Waals surface area contributed by atoms with E-state index in [1.165, 1.54) is 7.11 Å². The average Bonchev–Trinajstić information content (AvgIpc) is 2.52. The van der Waals surface area contributed by atoms with Crippen molar-refractivity contribution in [3.8, 4) is 11.5 Å². The monoisotopic (exact) mass is 287 g/mol. The maximum Gasteiger partial charge on any atom is 0.330 e. The van der Waals surface area contributed by atoms with Gasteiger partial charge in [-0.1, -0.05) is 30.3 Å². The van der Waals surface area contributed by atoms with Crippen LogP contribution in [0.4, 0.5) is 5.69 Å². The quantitative estimate of drug-likeness (QED) is 0.855. The molecule has 0 aliphatic rings. The van der Waals surface area contributed by atoms with Crippen LogP contribution in [0.3, 0.4) is 0 Å². The second-order valence-corrected chi connectivity index (χ2v) is 4.39. The van der Waals surface area contributed by atoms with Crippen molar-refractivity contribution in [1.29, 1.82) is 0 Å². The van der Waals surface area contributed by atoms with Crippen LogP contribution in [0.25, 0.3) is 0 Å². The van der Waals surface area contributed by atoms with Gasteiger partial charge in [0.25, 0.3) is 0 Å². The summed E-state index contributed by atoms with van der Waals surface area (Å²) < 4.78 is 10.4. The van der Waals surface area contributed by atoms with E-state index in [0.717, 1.165) is 0 Å². The number of rotatable bonds is 6. The van der Waals surface area contributed by atoms with E-state index < -0.39 is 12.0 Å². The van der Waals surface area contributed by atoms with Gasteiger partial charge in [-0.25, -0.2) is 4.79 Å².